The van der Waals surface area contributed by atoms with Crippen LogP contribution in [0.1, 0.15) is 46.0 Å². The van der Waals surface area contributed by atoms with Gasteiger partial charge in [0.1, 0.15) is 18.4 Å². The largest absolute Gasteiger partial charge is 0.361 e. The van der Waals surface area contributed by atoms with E-state index in [0.29, 0.717) is 38.3 Å². The highest BCUT2D eigenvalue weighted by Gasteiger charge is 2.38. The van der Waals surface area contributed by atoms with Crippen LogP contribution in [0.3, 0.4) is 0 Å². The number of nitrogens with one attached hydrogen (secondary N) is 2. The molecule has 2 aliphatic heterocycles. The average Bonchev–Trinajstić information content (AvgIpc) is 3.33. The summed E-state index contributed by atoms with van der Waals surface area (Å²) in [6.07, 6.45) is 5.12. The Morgan fingerprint density at radius 2 is 1.81 bits per heavy atom. The number of benzene rings is 1. The summed E-state index contributed by atoms with van der Waals surface area (Å²) in [6.45, 7) is 6.56. The van der Waals surface area contributed by atoms with Crippen LogP contribution in [0.25, 0.3) is 0 Å². The van der Waals surface area contributed by atoms with Crippen LogP contribution >= 0.6 is 12.4 Å². The number of hydrazone groups is 1. The molecule has 1 aromatic carbocycles. The Morgan fingerprint density at radius 1 is 1.14 bits per heavy atom. The van der Waals surface area contributed by atoms with Crippen molar-refractivity contribution in [2.45, 2.75) is 62.9 Å². The van der Waals surface area contributed by atoms with Gasteiger partial charge in [-0.15, -0.1) is 12.4 Å². The van der Waals surface area contributed by atoms with Crippen molar-refractivity contribution < 1.29 is 18.0 Å². The molecule has 2 aliphatic rings. The Morgan fingerprint density at radius 3 is 2.42 bits per heavy atom. The standard InChI is InChI=1S/C24H38N6O4S.ClH/c1-18(2)15-21(28-35(33,34)20-7-4-3-5-8-20)24(32)30-12-6-9-22(30)23(31)26-16-19-10-13-29(14-11-19)17-27-25;/h3-5,7-8,17-19,21-22,28H,6,9-16,25H2,1-2H3,(H,26,31);1H/t21-,22+;/m1./s1. The minimum atomic E-state index is -3.87. The number of piperidine rings is 1. The van der Waals surface area contributed by atoms with Crippen LogP contribution in [0.15, 0.2) is 40.3 Å². The first-order valence-corrected chi connectivity index (χ1v) is 13.8. The van der Waals surface area contributed by atoms with E-state index in [4.69, 9.17) is 5.84 Å². The number of rotatable bonds is 10. The lowest BCUT2D eigenvalue weighted by atomic mass is 9.97. The molecular formula is C24H39ClN6O4S. The molecule has 4 N–H and O–H groups in total. The van der Waals surface area contributed by atoms with Crippen LogP contribution in [-0.2, 0) is 19.6 Å². The Labute approximate surface area is 220 Å². The SMILES string of the molecule is CC(C)C[C@@H](NS(=O)(=O)c1ccccc1)C(=O)N1CCC[C@H]1C(=O)NCC1CCN(C=NN)CC1.Cl. The van der Waals surface area contributed by atoms with Crippen LogP contribution in [0, 0.1) is 11.8 Å². The first kappa shape index (κ1) is 29.9. The molecule has 2 atom stereocenters. The number of hydrogen-bond acceptors (Lipinski definition) is 6. The summed E-state index contributed by atoms with van der Waals surface area (Å²) >= 11 is 0. The first-order chi connectivity index (χ1) is 16.7. The summed E-state index contributed by atoms with van der Waals surface area (Å²) < 4.78 is 28.4. The fourth-order valence-electron chi connectivity index (χ4n) is 4.76. The van der Waals surface area contributed by atoms with Crippen molar-refractivity contribution in [2.75, 3.05) is 26.2 Å². The van der Waals surface area contributed by atoms with Crippen molar-refractivity contribution in [3.8, 4) is 0 Å². The van der Waals surface area contributed by atoms with E-state index in [1.54, 1.807) is 29.4 Å². The van der Waals surface area contributed by atoms with Gasteiger partial charge >= 0.3 is 0 Å². The number of nitrogens with two attached hydrogens (primary N) is 1. The number of hydrogen-bond donors (Lipinski definition) is 3. The summed E-state index contributed by atoms with van der Waals surface area (Å²) in [7, 11) is -3.87. The van der Waals surface area contributed by atoms with Crippen molar-refractivity contribution in [1.29, 1.82) is 0 Å². The van der Waals surface area contributed by atoms with Crippen LogP contribution in [0.5, 0.6) is 0 Å². The van der Waals surface area contributed by atoms with Gasteiger partial charge in [0.25, 0.3) is 0 Å². The highest BCUT2D eigenvalue weighted by Crippen LogP contribution is 2.22. The number of likely N-dealkylation sites (tertiary alicyclic amines) is 2. The maximum atomic E-state index is 13.5. The van der Waals surface area contributed by atoms with E-state index in [9.17, 15) is 18.0 Å². The van der Waals surface area contributed by atoms with E-state index in [0.717, 1.165) is 25.9 Å². The second-order valence-electron chi connectivity index (χ2n) is 9.80. The van der Waals surface area contributed by atoms with Gasteiger partial charge in [0.05, 0.1) is 4.90 Å². The lowest BCUT2D eigenvalue weighted by Crippen LogP contribution is -2.54. The summed E-state index contributed by atoms with van der Waals surface area (Å²) in [5, 5.41) is 6.59. The normalized spacial score (nSPS) is 19.9. The molecule has 2 saturated heterocycles. The minimum absolute atomic E-state index is 0. The lowest BCUT2D eigenvalue weighted by Gasteiger charge is -2.32. The highest BCUT2D eigenvalue weighted by atomic mass is 35.5. The molecule has 36 heavy (non-hydrogen) atoms. The molecule has 2 amide bonds. The molecule has 0 saturated carbocycles. The summed E-state index contributed by atoms with van der Waals surface area (Å²) in [6, 6.07) is 6.51. The zero-order valence-electron chi connectivity index (χ0n) is 21.0. The van der Waals surface area contributed by atoms with E-state index in [-0.39, 0.29) is 35.0 Å². The third-order valence-electron chi connectivity index (χ3n) is 6.64. The molecule has 2 fully saturated rings. The molecule has 10 nitrogen and oxygen atoms in total. The molecule has 202 valence electrons. The average molecular weight is 543 g/mol. The zero-order valence-corrected chi connectivity index (χ0v) is 22.6. The van der Waals surface area contributed by atoms with Gasteiger partial charge in [-0.05, 0) is 56.1 Å². The maximum Gasteiger partial charge on any atom is 0.242 e. The van der Waals surface area contributed by atoms with Crippen molar-refractivity contribution >= 4 is 40.6 Å². The van der Waals surface area contributed by atoms with Gasteiger partial charge in [-0.3, -0.25) is 9.59 Å². The molecule has 0 unspecified atom stereocenters. The fraction of sp³-hybridized carbons (Fsp3) is 0.625. The van der Waals surface area contributed by atoms with E-state index < -0.39 is 22.1 Å². The van der Waals surface area contributed by atoms with E-state index in [1.165, 1.54) is 12.1 Å². The van der Waals surface area contributed by atoms with Gasteiger partial charge in [0.2, 0.25) is 21.8 Å². The second kappa shape index (κ2) is 13.8. The maximum absolute atomic E-state index is 13.5. The van der Waals surface area contributed by atoms with Crippen LogP contribution < -0.4 is 15.9 Å². The van der Waals surface area contributed by atoms with Crippen molar-refractivity contribution in [3.05, 3.63) is 30.3 Å². The van der Waals surface area contributed by atoms with Gasteiger partial charge in [0, 0.05) is 26.2 Å². The number of sulfonamides is 1. The fourth-order valence-corrected chi connectivity index (χ4v) is 5.98. The minimum Gasteiger partial charge on any atom is -0.361 e. The predicted octanol–water partition coefficient (Wildman–Crippen LogP) is 1.52. The van der Waals surface area contributed by atoms with Crippen LogP contribution in [-0.4, -0.2) is 74.6 Å². The topological polar surface area (TPSA) is 137 Å². The third-order valence-corrected chi connectivity index (χ3v) is 8.13. The lowest BCUT2D eigenvalue weighted by molar-refractivity contribution is -0.140. The van der Waals surface area contributed by atoms with Gasteiger partial charge in [-0.25, -0.2) is 8.42 Å². The highest BCUT2D eigenvalue weighted by molar-refractivity contribution is 7.89. The molecular weight excluding hydrogens is 504 g/mol. The Balaban J connectivity index is 0.00000456. The van der Waals surface area contributed by atoms with Gasteiger partial charge < -0.3 is 21.0 Å². The number of nitrogens with zero attached hydrogens (tertiary/aromatic N) is 3. The summed E-state index contributed by atoms with van der Waals surface area (Å²) in [5.41, 5.74) is 0. The summed E-state index contributed by atoms with van der Waals surface area (Å²) in [4.78, 5) is 30.2. The first-order valence-electron chi connectivity index (χ1n) is 12.3. The van der Waals surface area contributed by atoms with Crippen LogP contribution in [0.4, 0.5) is 0 Å². The van der Waals surface area contributed by atoms with Gasteiger partial charge in [-0.1, -0.05) is 32.0 Å². The van der Waals surface area contributed by atoms with Crippen molar-refractivity contribution in [1.82, 2.24) is 19.8 Å². The molecule has 0 bridgehead atoms. The molecule has 3 rings (SSSR count). The number of carbonyl (C=O) groups is 2. The van der Waals surface area contributed by atoms with Crippen molar-refractivity contribution in [2.24, 2.45) is 22.8 Å². The van der Waals surface area contributed by atoms with Gasteiger partial charge in [-0.2, -0.15) is 9.82 Å². The molecule has 0 aliphatic carbocycles. The number of amides is 2. The van der Waals surface area contributed by atoms with Gasteiger partial charge in [0.15, 0.2) is 0 Å². The Kier molecular flexibility index (Phi) is 11.4. The molecule has 0 aromatic heterocycles. The Bertz CT molecular complexity index is 984. The monoisotopic (exact) mass is 542 g/mol. The van der Waals surface area contributed by atoms with Crippen LogP contribution in [0.2, 0.25) is 0 Å². The van der Waals surface area contributed by atoms with E-state index in [2.05, 4.69) is 20.0 Å². The van der Waals surface area contributed by atoms with E-state index in [1.807, 2.05) is 13.8 Å². The third kappa shape index (κ3) is 8.07. The zero-order chi connectivity index (χ0) is 25.4. The van der Waals surface area contributed by atoms with Crippen molar-refractivity contribution in [3.63, 3.8) is 0 Å². The molecule has 0 radical (unpaired) electrons. The number of halogens is 1. The number of carbonyl (C=O) groups excluding carboxylic acids is 2. The Hall–Kier alpha value is -2.37. The molecule has 1 aromatic rings. The predicted molar refractivity (Wildman–Crippen MR) is 142 cm³/mol. The molecule has 12 heteroatoms. The smallest absolute Gasteiger partial charge is 0.242 e. The molecule has 0 spiro atoms. The summed E-state index contributed by atoms with van der Waals surface area (Å²) in [5.74, 6) is 5.15. The molecule has 2 heterocycles. The quantitative estimate of drug-likeness (QED) is 0.177. The second-order valence-corrected chi connectivity index (χ2v) is 11.5. The van der Waals surface area contributed by atoms with E-state index >= 15 is 0 Å².